The van der Waals surface area contributed by atoms with Gasteiger partial charge in [0.2, 0.25) is 0 Å². The molecule has 0 aromatic heterocycles. The lowest BCUT2D eigenvalue weighted by molar-refractivity contribution is 0.296. The van der Waals surface area contributed by atoms with Crippen molar-refractivity contribution in [1.82, 2.24) is 4.90 Å². The van der Waals surface area contributed by atoms with Crippen molar-refractivity contribution < 1.29 is 4.74 Å². The molecule has 0 spiro atoms. The van der Waals surface area contributed by atoms with Crippen molar-refractivity contribution in [3.63, 3.8) is 0 Å². The highest BCUT2D eigenvalue weighted by molar-refractivity contribution is 14.1. The standard InChI is InChI=1S/C32H43INOP/c1-8-29(36-31-24(5)15-14-18-26(31)21-34(9-2)10-3)27-19-23(4)20-28(32(6,7)33)30(27)35-22-25-16-12-11-13-17-25/h11-20,29,36H,8-10,21-22H2,1-7H3. The van der Waals surface area contributed by atoms with E-state index in [9.17, 15) is 0 Å². The highest BCUT2D eigenvalue weighted by Crippen LogP contribution is 2.48. The normalized spacial score (nSPS) is 13.0. The second-order valence-corrected chi connectivity index (χ2v) is 14.3. The molecule has 0 aliphatic heterocycles. The molecule has 0 saturated carbocycles. The van der Waals surface area contributed by atoms with Gasteiger partial charge in [-0.15, -0.1) is 0 Å². The quantitative estimate of drug-likeness (QED) is 0.115. The van der Waals surface area contributed by atoms with Crippen LogP contribution in [0, 0.1) is 13.8 Å². The molecule has 0 radical (unpaired) electrons. The van der Waals surface area contributed by atoms with Crippen LogP contribution < -0.4 is 10.0 Å². The number of halogens is 1. The minimum Gasteiger partial charge on any atom is -0.488 e. The van der Waals surface area contributed by atoms with Crippen LogP contribution in [0.25, 0.3) is 0 Å². The maximum Gasteiger partial charge on any atom is 0.128 e. The van der Waals surface area contributed by atoms with Crippen molar-refractivity contribution in [3.05, 3.63) is 94.0 Å². The first-order valence-electron chi connectivity index (χ1n) is 13.3. The maximum absolute atomic E-state index is 6.71. The number of hydrogen-bond acceptors (Lipinski definition) is 2. The van der Waals surface area contributed by atoms with Gasteiger partial charge in [-0.3, -0.25) is 4.90 Å². The van der Waals surface area contributed by atoms with Crippen LogP contribution in [0.2, 0.25) is 0 Å². The zero-order chi connectivity index (χ0) is 26.3. The van der Waals surface area contributed by atoms with Gasteiger partial charge < -0.3 is 4.74 Å². The largest absolute Gasteiger partial charge is 0.488 e. The van der Waals surface area contributed by atoms with Gasteiger partial charge in [0.1, 0.15) is 12.4 Å². The predicted molar refractivity (Wildman–Crippen MR) is 168 cm³/mol. The smallest absolute Gasteiger partial charge is 0.128 e. The van der Waals surface area contributed by atoms with Gasteiger partial charge in [-0.05, 0) is 69.2 Å². The van der Waals surface area contributed by atoms with Crippen LogP contribution in [-0.4, -0.2) is 18.0 Å². The van der Waals surface area contributed by atoms with Gasteiger partial charge >= 0.3 is 0 Å². The van der Waals surface area contributed by atoms with E-state index in [1.807, 2.05) is 0 Å². The number of aryl methyl sites for hydroxylation is 2. The summed E-state index contributed by atoms with van der Waals surface area (Å²) in [5.41, 5.74) is 8.48. The molecule has 3 rings (SSSR count). The summed E-state index contributed by atoms with van der Waals surface area (Å²) >= 11 is 2.56. The van der Waals surface area contributed by atoms with Gasteiger partial charge in [0.05, 0.1) is 0 Å². The van der Waals surface area contributed by atoms with Crippen LogP contribution in [-0.2, 0) is 16.6 Å². The Hall–Kier alpha value is -1.42. The summed E-state index contributed by atoms with van der Waals surface area (Å²) in [5, 5.41) is 1.53. The first-order chi connectivity index (χ1) is 17.2. The molecule has 0 saturated heterocycles. The van der Waals surface area contributed by atoms with Gasteiger partial charge in [0, 0.05) is 26.8 Å². The average Bonchev–Trinajstić information content (AvgIpc) is 2.85. The Labute approximate surface area is 235 Å². The first kappa shape index (κ1) is 29.1. The Balaban J connectivity index is 2.05. The molecule has 0 bridgehead atoms. The van der Waals surface area contributed by atoms with Crippen molar-refractivity contribution >= 4 is 36.5 Å². The van der Waals surface area contributed by atoms with E-state index < -0.39 is 0 Å². The molecule has 36 heavy (non-hydrogen) atoms. The number of alkyl halides is 1. The summed E-state index contributed by atoms with van der Waals surface area (Å²) in [6.45, 7) is 19.7. The Bertz CT molecular complexity index is 1120. The predicted octanol–water partition coefficient (Wildman–Crippen LogP) is 8.85. The highest BCUT2D eigenvalue weighted by atomic mass is 127. The van der Waals surface area contributed by atoms with Crippen LogP contribution in [0.15, 0.2) is 60.7 Å². The van der Waals surface area contributed by atoms with E-state index in [4.69, 9.17) is 4.74 Å². The third-order valence-corrected chi connectivity index (χ3v) is 9.53. The van der Waals surface area contributed by atoms with Crippen LogP contribution >= 0.6 is 31.2 Å². The van der Waals surface area contributed by atoms with E-state index in [0.717, 1.165) is 31.8 Å². The fourth-order valence-electron chi connectivity index (χ4n) is 4.72. The van der Waals surface area contributed by atoms with Crippen molar-refractivity contribution in [2.24, 2.45) is 0 Å². The third-order valence-electron chi connectivity index (χ3n) is 6.88. The molecule has 0 aliphatic rings. The van der Waals surface area contributed by atoms with E-state index in [1.54, 1.807) is 0 Å². The van der Waals surface area contributed by atoms with E-state index in [2.05, 4.69) is 137 Å². The molecule has 0 N–H and O–H groups in total. The van der Waals surface area contributed by atoms with Gasteiger partial charge in [-0.2, -0.15) is 0 Å². The highest BCUT2D eigenvalue weighted by Gasteiger charge is 2.27. The second-order valence-electron chi connectivity index (χ2n) is 10.2. The summed E-state index contributed by atoms with van der Waals surface area (Å²) in [6.07, 6.45) is 1.09. The molecule has 0 aliphatic carbocycles. The SMILES string of the molecule is CCC(Pc1c(C)cccc1CN(CC)CC)c1cc(C)cc(C(C)(C)I)c1OCc1ccccc1. The van der Waals surface area contributed by atoms with Crippen molar-refractivity contribution in [1.29, 1.82) is 0 Å². The van der Waals surface area contributed by atoms with E-state index >= 15 is 0 Å². The Morgan fingerprint density at radius 2 is 1.64 bits per heavy atom. The molecule has 4 heteroatoms. The average molecular weight is 616 g/mol. The van der Waals surface area contributed by atoms with Crippen molar-refractivity contribution in [2.75, 3.05) is 13.1 Å². The summed E-state index contributed by atoms with van der Waals surface area (Å²) < 4.78 is 6.68. The molecule has 0 fully saturated rings. The molecule has 2 unspecified atom stereocenters. The minimum atomic E-state index is -0.0253. The summed E-state index contributed by atoms with van der Waals surface area (Å²) in [4.78, 5) is 2.52. The molecular weight excluding hydrogens is 572 g/mol. The number of rotatable bonds is 12. The van der Waals surface area contributed by atoms with Crippen LogP contribution in [0.5, 0.6) is 5.75 Å². The first-order valence-corrected chi connectivity index (χ1v) is 15.4. The summed E-state index contributed by atoms with van der Waals surface area (Å²) in [5.74, 6) is 1.09. The van der Waals surface area contributed by atoms with Gasteiger partial charge in [-0.25, -0.2) is 0 Å². The van der Waals surface area contributed by atoms with Crippen molar-refractivity contribution in [2.45, 2.75) is 77.1 Å². The molecule has 3 aromatic carbocycles. The van der Waals surface area contributed by atoms with Gasteiger partial charge in [-0.1, -0.05) is 118 Å². The lowest BCUT2D eigenvalue weighted by Crippen LogP contribution is -2.25. The molecular formula is C32H43INOP. The molecule has 3 aromatic rings. The maximum atomic E-state index is 6.71. The lowest BCUT2D eigenvalue weighted by Gasteiger charge is -2.29. The Kier molecular flexibility index (Phi) is 10.8. The van der Waals surface area contributed by atoms with E-state index in [0.29, 0.717) is 20.8 Å². The Morgan fingerprint density at radius 1 is 0.944 bits per heavy atom. The van der Waals surface area contributed by atoms with E-state index in [-0.39, 0.29) is 3.42 Å². The number of nitrogens with zero attached hydrogens (tertiary/aromatic N) is 1. The monoisotopic (exact) mass is 615 g/mol. The molecule has 2 atom stereocenters. The topological polar surface area (TPSA) is 12.5 Å². The fourth-order valence-corrected chi connectivity index (χ4v) is 6.70. The summed E-state index contributed by atoms with van der Waals surface area (Å²) in [7, 11) is 0.707. The van der Waals surface area contributed by atoms with Crippen LogP contribution in [0.4, 0.5) is 0 Å². The van der Waals surface area contributed by atoms with Gasteiger partial charge in [0.25, 0.3) is 0 Å². The second kappa shape index (κ2) is 13.4. The van der Waals surface area contributed by atoms with E-state index in [1.165, 1.54) is 38.7 Å². The van der Waals surface area contributed by atoms with Crippen LogP contribution in [0.3, 0.4) is 0 Å². The lowest BCUT2D eigenvalue weighted by atomic mass is 9.94. The van der Waals surface area contributed by atoms with Gasteiger partial charge in [0.15, 0.2) is 0 Å². The van der Waals surface area contributed by atoms with Crippen LogP contribution in [0.1, 0.15) is 80.1 Å². The Morgan fingerprint density at radius 3 is 2.25 bits per heavy atom. The zero-order valence-electron chi connectivity index (χ0n) is 23.1. The zero-order valence-corrected chi connectivity index (χ0v) is 26.3. The number of ether oxygens (including phenoxy) is 1. The number of benzene rings is 3. The van der Waals surface area contributed by atoms with Crippen molar-refractivity contribution in [3.8, 4) is 5.75 Å². The third kappa shape index (κ3) is 7.55. The molecule has 0 amide bonds. The fraction of sp³-hybridized carbons (Fsp3) is 0.438. The molecule has 2 nitrogen and oxygen atoms in total. The minimum absolute atomic E-state index is 0.0253. The molecule has 0 heterocycles. The molecule has 194 valence electrons. The number of hydrogen-bond donors (Lipinski definition) is 0. The summed E-state index contributed by atoms with van der Waals surface area (Å²) in [6, 6.07) is 22.1.